The second-order valence-electron chi connectivity index (χ2n) is 4.60. The third-order valence-electron chi connectivity index (χ3n) is 3.19. The fraction of sp³-hybridized carbons (Fsp3) is 0.538. The van der Waals surface area contributed by atoms with Gasteiger partial charge >= 0.3 is 0 Å². The van der Waals surface area contributed by atoms with Gasteiger partial charge in [-0.05, 0) is 49.4 Å². The normalized spacial score (nSPS) is 21.6. The van der Waals surface area contributed by atoms with Gasteiger partial charge in [-0.15, -0.1) is 0 Å². The van der Waals surface area contributed by atoms with E-state index in [0.29, 0.717) is 6.04 Å². The van der Waals surface area contributed by atoms with Crippen molar-refractivity contribution in [1.82, 2.24) is 5.32 Å². The van der Waals surface area contributed by atoms with Crippen molar-refractivity contribution in [2.45, 2.75) is 38.3 Å². The minimum atomic E-state index is 0.196. The lowest BCUT2D eigenvalue weighted by molar-refractivity contribution is 0.236. The molecule has 2 atom stereocenters. The highest BCUT2D eigenvalue weighted by Crippen LogP contribution is 2.24. The van der Waals surface area contributed by atoms with E-state index >= 15 is 0 Å². The lowest BCUT2D eigenvalue weighted by Crippen LogP contribution is -2.41. The van der Waals surface area contributed by atoms with Gasteiger partial charge in [0, 0.05) is 16.6 Å². The Morgan fingerprint density at radius 3 is 3.06 bits per heavy atom. The number of aliphatic hydroxyl groups is 1. The van der Waals surface area contributed by atoms with Crippen LogP contribution in [0.3, 0.4) is 0 Å². The Bertz CT molecular complexity index is 367. The van der Waals surface area contributed by atoms with Crippen LogP contribution in [0.5, 0.6) is 0 Å². The van der Waals surface area contributed by atoms with Crippen molar-refractivity contribution in [2.24, 2.45) is 0 Å². The van der Waals surface area contributed by atoms with Crippen molar-refractivity contribution in [1.29, 1.82) is 0 Å². The molecule has 1 aliphatic rings. The Balaban J connectivity index is 2.03. The molecule has 0 radical (unpaired) electrons. The zero-order valence-corrected chi connectivity index (χ0v) is 11.1. The number of aliphatic hydroxyl groups excluding tert-OH is 1. The molecule has 88 valence electrons. The van der Waals surface area contributed by atoms with Crippen LogP contribution in [0.25, 0.3) is 0 Å². The molecule has 1 aromatic carbocycles. The minimum Gasteiger partial charge on any atom is -0.395 e. The molecule has 16 heavy (non-hydrogen) atoms. The van der Waals surface area contributed by atoms with E-state index in [0.717, 1.165) is 19.3 Å². The van der Waals surface area contributed by atoms with Crippen molar-refractivity contribution >= 4 is 15.9 Å². The van der Waals surface area contributed by atoms with Crippen LogP contribution >= 0.6 is 15.9 Å². The molecule has 1 aromatic rings. The molecule has 3 heteroatoms. The number of hydrogen-bond acceptors (Lipinski definition) is 2. The molecule has 2 N–H and O–H groups in total. The highest BCUT2D eigenvalue weighted by molar-refractivity contribution is 9.10. The van der Waals surface area contributed by atoms with Crippen LogP contribution in [-0.2, 0) is 12.8 Å². The topological polar surface area (TPSA) is 32.3 Å². The molecule has 2 nitrogen and oxygen atoms in total. The second kappa shape index (κ2) is 5.30. The van der Waals surface area contributed by atoms with Crippen molar-refractivity contribution in [3.63, 3.8) is 0 Å². The van der Waals surface area contributed by atoms with Gasteiger partial charge in [-0.3, -0.25) is 0 Å². The molecule has 0 saturated heterocycles. The second-order valence-corrected chi connectivity index (χ2v) is 5.52. The lowest BCUT2D eigenvalue weighted by atomic mass is 9.88. The Labute approximate surface area is 105 Å². The van der Waals surface area contributed by atoms with Crippen LogP contribution in [0.1, 0.15) is 24.5 Å². The largest absolute Gasteiger partial charge is 0.395 e. The fourth-order valence-corrected chi connectivity index (χ4v) is 2.73. The summed E-state index contributed by atoms with van der Waals surface area (Å²) in [6, 6.07) is 7.24. The first kappa shape index (κ1) is 12.1. The summed E-state index contributed by atoms with van der Waals surface area (Å²) in [4.78, 5) is 0. The van der Waals surface area contributed by atoms with Crippen LogP contribution in [0.4, 0.5) is 0 Å². The van der Waals surface area contributed by atoms with Gasteiger partial charge in [-0.2, -0.15) is 0 Å². The van der Waals surface area contributed by atoms with Crippen LogP contribution in [0.2, 0.25) is 0 Å². The maximum Gasteiger partial charge on any atom is 0.0582 e. The molecule has 1 aliphatic carbocycles. The Kier molecular flexibility index (Phi) is 4.00. The highest BCUT2D eigenvalue weighted by atomic mass is 79.9. The summed E-state index contributed by atoms with van der Waals surface area (Å²) in [6.07, 6.45) is 3.37. The first-order chi connectivity index (χ1) is 7.69. The first-order valence-electron chi connectivity index (χ1n) is 5.83. The minimum absolute atomic E-state index is 0.196. The Hall–Kier alpha value is -0.380. The van der Waals surface area contributed by atoms with Crippen LogP contribution in [0, 0.1) is 0 Å². The predicted octanol–water partition coefficient (Wildman–Crippen LogP) is 2.28. The van der Waals surface area contributed by atoms with Crippen molar-refractivity contribution < 1.29 is 5.11 Å². The monoisotopic (exact) mass is 283 g/mol. The fourth-order valence-electron chi connectivity index (χ4n) is 2.32. The average Bonchev–Trinajstić information content (AvgIpc) is 2.29. The molecule has 0 spiro atoms. The molecule has 0 saturated carbocycles. The van der Waals surface area contributed by atoms with Crippen molar-refractivity contribution in [2.75, 3.05) is 6.61 Å². The summed E-state index contributed by atoms with van der Waals surface area (Å²) in [5, 5.41) is 12.5. The van der Waals surface area contributed by atoms with Gasteiger partial charge in [0.05, 0.1) is 6.61 Å². The molecule has 0 fully saturated rings. The van der Waals surface area contributed by atoms with E-state index in [-0.39, 0.29) is 12.6 Å². The number of nitrogens with one attached hydrogen (secondary N) is 1. The summed E-state index contributed by atoms with van der Waals surface area (Å²) in [7, 11) is 0. The van der Waals surface area contributed by atoms with Gasteiger partial charge in [0.25, 0.3) is 0 Å². The lowest BCUT2D eigenvalue weighted by Gasteiger charge is -2.28. The van der Waals surface area contributed by atoms with Gasteiger partial charge in [-0.1, -0.05) is 22.0 Å². The van der Waals surface area contributed by atoms with E-state index in [1.165, 1.54) is 15.6 Å². The number of fused-ring (bicyclic) bond motifs is 1. The number of rotatable bonds is 3. The third kappa shape index (κ3) is 2.84. The van der Waals surface area contributed by atoms with Crippen molar-refractivity contribution in [3.8, 4) is 0 Å². The quantitative estimate of drug-likeness (QED) is 0.892. The SMILES string of the molecule is CC(CO)NC1CCc2cc(Br)ccc2C1. The molecule has 0 bridgehead atoms. The number of aryl methyl sites for hydroxylation is 1. The van der Waals surface area contributed by atoms with E-state index in [9.17, 15) is 0 Å². The van der Waals surface area contributed by atoms with Gasteiger partial charge in [0.15, 0.2) is 0 Å². The molecule has 0 amide bonds. The number of halogens is 1. The van der Waals surface area contributed by atoms with Gasteiger partial charge in [-0.25, -0.2) is 0 Å². The zero-order chi connectivity index (χ0) is 11.5. The smallest absolute Gasteiger partial charge is 0.0582 e. The predicted molar refractivity (Wildman–Crippen MR) is 69.6 cm³/mol. The third-order valence-corrected chi connectivity index (χ3v) is 3.68. The molecular weight excluding hydrogens is 266 g/mol. The summed E-state index contributed by atoms with van der Waals surface area (Å²) >= 11 is 3.51. The number of hydrogen-bond donors (Lipinski definition) is 2. The molecule has 0 aromatic heterocycles. The molecule has 2 rings (SSSR count). The van der Waals surface area contributed by atoms with Gasteiger partial charge < -0.3 is 10.4 Å². The van der Waals surface area contributed by atoms with E-state index < -0.39 is 0 Å². The Morgan fingerprint density at radius 1 is 1.50 bits per heavy atom. The molecule has 2 unspecified atom stereocenters. The highest BCUT2D eigenvalue weighted by Gasteiger charge is 2.19. The van der Waals surface area contributed by atoms with Crippen LogP contribution in [0.15, 0.2) is 22.7 Å². The summed E-state index contributed by atoms with van der Waals surface area (Å²) in [5.41, 5.74) is 2.90. The van der Waals surface area contributed by atoms with Crippen LogP contribution < -0.4 is 5.32 Å². The van der Waals surface area contributed by atoms with E-state index in [2.05, 4.69) is 39.4 Å². The van der Waals surface area contributed by atoms with Crippen LogP contribution in [-0.4, -0.2) is 23.8 Å². The molecule has 0 heterocycles. The summed E-state index contributed by atoms with van der Waals surface area (Å²) < 4.78 is 1.17. The first-order valence-corrected chi connectivity index (χ1v) is 6.62. The van der Waals surface area contributed by atoms with E-state index in [1.54, 1.807) is 0 Å². The van der Waals surface area contributed by atoms with Gasteiger partial charge in [0.2, 0.25) is 0 Å². The summed E-state index contributed by atoms with van der Waals surface area (Å²) in [6.45, 7) is 2.24. The van der Waals surface area contributed by atoms with Gasteiger partial charge in [0.1, 0.15) is 0 Å². The summed E-state index contributed by atoms with van der Waals surface area (Å²) in [5.74, 6) is 0. The zero-order valence-electron chi connectivity index (χ0n) is 9.54. The maximum atomic E-state index is 9.03. The number of benzene rings is 1. The standard InChI is InChI=1S/C13H18BrNO/c1-9(8-16)15-13-5-3-10-6-12(14)4-2-11(10)7-13/h2,4,6,9,13,15-16H,3,5,7-8H2,1H3. The molecule has 0 aliphatic heterocycles. The Morgan fingerprint density at radius 2 is 2.31 bits per heavy atom. The van der Waals surface area contributed by atoms with E-state index in [1.807, 2.05) is 6.92 Å². The van der Waals surface area contributed by atoms with Crippen molar-refractivity contribution in [3.05, 3.63) is 33.8 Å². The maximum absolute atomic E-state index is 9.03. The molecular formula is C13H18BrNO. The average molecular weight is 284 g/mol. The van der Waals surface area contributed by atoms with E-state index in [4.69, 9.17) is 5.11 Å².